The minimum absolute atomic E-state index is 0.306. The van der Waals surface area contributed by atoms with Crippen molar-refractivity contribution in [2.75, 3.05) is 6.54 Å². The van der Waals surface area contributed by atoms with E-state index in [0.29, 0.717) is 11.5 Å². The van der Waals surface area contributed by atoms with E-state index in [4.69, 9.17) is 0 Å². The molecular weight excluding hydrogens is 134 g/mol. The molecule has 1 N–H and O–H groups in total. The molecule has 1 nitrogen and oxygen atoms in total. The summed E-state index contributed by atoms with van der Waals surface area (Å²) in [7, 11) is 0. The first-order chi connectivity index (χ1) is 5.20. The summed E-state index contributed by atoms with van der Waals surface area (Å²) in [6.07, 6.45) is 6.89. The van der Waals surface area contributed by atoms with Crippen molar-refractivity contribution < 1.29 is 0 Å². The van der Waals surface area contributed by atoms with Crippen LogP contribution in [0, 0.1) is 5.92 Å². The van der Waals surface area contributed by atoms with Gasteiger partial charge in [0.2, 0.25) is 0 Å². The van der Waals surface area contributed by atoms with Gasteiger partial charge in [-0.1, -0.05) is 24.3 Å². The van der Waals surface area contributed by atoms with E-state index >= 15 is 0 Å². The van der Waals surface area contributed by atoms with E-state index < -0.39 is 0 Å². The van der Waals surface area contributed by atoms with Crippen molar-refractivity contribution in [2.45, 2.75) is 25.3 Å². The third-order valence-corrected chi connectivity index (χ3v) is 2.83. The summed E-state index contributed by atoms with van der Waals surface area (Å²) in [5, 5.41) is 3.56. The number of piperidine rings is 1. The van der Waals surface area contributed by atoms with Gasteiger partial charge in [0.05, 0.1) is 0 Å². The molecule has 1 heteroatoms. The summed E-state index contributed by atoms with van der Waals surface area (Å²) in [4.78, 5) is 0. The van der Waals surface area contributed by atoms with Crippen molar-refractivity contribution in [1.29, 1.82) is 0 Å². The van der Waals surface area contributed by atoms with Crippen LogP contribution in [0.1, 0.15) is 19.8 Å². The minimum Gasteiger partial charge on any atom is -0.310 e. The smallest absolute Gasteiger partial charge is 0.0225 e. The van der Waals surface area contributed by atoms with Crippen molar-refractivity contribution in [3.63, 3.8) is 0 Å². The highest BCUT2D eigenvalue weighted by Gasteiger charge is 2.32. The summed E-state index contributed by atoms with van der Waals surface area (Å²) in [6, 6.07) is 0. The van der Waals surface area contributed by atoms with Crippen LogP contribution in [0.15, 0.2) is 24.3 Å². The summed E-state index contributed by atoms with van der Waals surface area (Å²) in [5.41, 5.74) is 1.71. The van der Waals surface area contributed by atoms with Crippen molar-refractivity contribution in [3.05, 3.63) is 24.3 Å². The molecule has 0 amide bonds. The molecule has 3 rings (SSSR count). The third kappa shape index (κ3) is 1.14. The van der Waals surface area contributed by atoms with Gasteiger partial charge in [0.15, 0.2) is 0 Å². The fraction of sp³-hybridized carbons (Fsp3) is 0.600. The first-order valence-electron chi connectivity index (χ1n) is 4.29. The summed E-state index contributed by atoms with van der Waals surface area (Å²) in [5.74, 6) is 0.602. The molecule has 2 bridgehead atoms. The Balaban J connectivity index is 2.31. The van der Waals surface area contributed by atoms with Gasteiger partial charge < -0.3 is 5.32 Å². The lowest BCUT2D eigenvalue weighted by Gasteiger charge is -2.36. The lowest BCUT2D eigenvalue weighted by Crippen LogP contribution is -2.47. The van der Waals surface area contributed by atoms with E-state index in [2.05, 4.69) is 31.0 Å². The Morgan fingerprint density at radius 2 is 2.55 bits per heavy atom. The third-order valence-electron chi connectivity index (χ3n) is 2.83. The predicted octanol–water partition coefficient (Wildman–Crippen LogP) is 1.87. The zero-order valence-electron chi connectivity index (χ0n) is 7.06. The van der Waals surface area contributed by atoms with E-state index in [1.54, 1.807) is 0 Å². The average Bonchev–Trinajstić information content (AvgIpc) is 2.16. The molecule has 1 saturated heterocycles. The number of hydrogen-bond acceptors (Lipinski definition) is 1. The zero-order chi connectivity index (χ0) is 7.90. The summed E-state index contributed by atoms with van der Waals surface area (Å²) in [6.45, 7) is 7.48. The molecule has 2 unspecified atom stereocenters. The van der Waals surface area contributed by atoms with E-state index in [0.717, 1.165) is 19.4 Å². The standard InChI is InChI=1S/C10H15N/c1-8-6-10(2)5-3-4-9(8)7-11-10/h3-4,9,11H,1,5-7H2,2H3. The average molecular weight is 149 g/mol. The van der Waals surface area contributed by atoms with Gasteiger partial charge in [0.25, 0.3) is 0 Å². The highest BCUT2D eigenvalue weighted by molar-refractivity contribution is 5.22. The zero-order valence-corrected chi connectivity index (χ0v) is 7.06. The van der Waals surface area contributed by atoms with Gasteiger partial charge in [0, 0.05) is 18.0 Å². The van der Waals surface area contributed by atoms with Gasteiger partial charge in [-0.25, -0.2) is 0 Å². The van der Waals surface area contributed by atoms with Gasteiger partial charge in [-0.2, -0.15) is 0 Å². The topological polar surface area (TPSA) is 12.0 Å². The highest BCUT2D eigenvalue weighted by atomic mass is 15.0. The van der Waals surface area contributed by atoms with Gasteiger partial charge >= 0.3 is 0 Å². The van der Waals surface area contributed by atoms with Gasteiger partial charge in [-0.05, 0) is 19.8 Å². The molecule has 2 heterocycles. The lowest BCUT2D eigenvalue weighted by atomic mass is 9.84. The lowest BCUT2D eigenvalue weighted by molar-refractivity contribution is 0.313. The quantitative estimate of drug-likeness (QED) is 0.518. The first-order valence-corrected chi connectivity index (χ1v) is 4.29. The van der Waals surface area contributed by atoms with Crippen LogP contribution in [0.25, 0.3) is 0 Å². The van der Waals surface area contributed by atoms with Crippen LogP contribution >= 0.6 is 0 Å². The SMILES string of the molecule is C=C1CC2(C)CC=CC1CN2. The number of rotatable bonds is 0. The maximum atomic E-state index is 4.11. The van der Waals surface area contributed by atoms with E-state index in [9.17, 15) is 0 Å². The van der Waals surface area contributed by atoms with Crippen molar-refractivity contribution in [2.24, 2.45) is 5.92 Å². The van der Waals surface area contributed by atoms with E-state index in [1.165, 1.54) is 5.57 Å². The molecule has 1 fully saturated rings. The molecule has 3 aliphatic rings. The van der Waals surface area contributed by atoms with Crippen LogP contribution in [0.4, 0.5) is 0 Å². The van der Waals surface area contributed by atoms with Gasteiger partial charge in [-0.15, -0.1) is 0 Å². The fourth-order valence-electron chi connectivity index (χ4n) is 2.04. The molecule has 60 valence electrons. The summed E-state index contributed by atoms with van der Waals surface area (Å²) >= 11 is 0. The molecule has 1 aliphatic carbocycles. The molecule has 0 spiro atoms. The maximum Gasteiger partial charge on any atom is 0.0225 e. The molecule has 2 atom stereocenters. The molecule has 0 aromatic heterocycles. The number of nitrogens with one attached hydrogen (secondary N) is 1. The van der Waals surface area contributed by atoms with E-state index in [-0.39, 0.29) is 0 Å². The Hall–Kier alpha value is -0.560. The minimum atomic E-state index is 0.306. The molecule has 0 aromatic carbocycles. The predicted molar refractivity (Wildman–Crippen MR) is 47.4 cm³/mol. The molecule has 0 saturated carbocycles. The van der Waals surface area contributed by atoms with Gasteiger partial charge in [-0.3, -0.25) is 0 Å². The Labute approximate surface area is 68.2 Å². The second kappa shape index (κ2) is 2.21. The second-order valence-corrected chi connectivity index (χ2v) is 4.02. The summed E-state index contributed by atoms with van der Waals surface area (Å²) < 4.78 is 0. The molecule has 2 aliphatic heterocycles. The Morgan fingerprint density at radius 1 is 1.73 bits per heavy atom. The van der Waals surface area contributed by atoms with Crippen LogP contribution < -0.4 is 5.32 Å². The van der Waals surface area contributed by atoms with Crippen LogP contribution in [0.5, 0.6) is 0 Å². The maximum absolute atomic E-state index is 4.11. The number of fused-ring (bicyclic) bond motifs is 3. The Morgan fingerprint density at radius 3 is 3.27 bits per heavy atom. The highest BCUT2D eigenvalue weighted by Crippen LogP contribution is 2.33. The largest absolute Gasteiger partial charge is 0.310 e. The molecule has 0 radical (unpaired) electrons. The van der Waals surface area contributed by atoms with Gasteiger partial charge in [0.1, 0.15) is 0 Å². The Bertz CT molecular complexity index is 217. The van der Waals surface area contributed by atoms with Crippen LogP contribution in [-0.2, 0) is 0 Å². The molecule has 11 heavy (non-hydrogen) atoms. The molecule has 0 aromatic rings. The normalized spacial score (nSPS) is 42.6. The fourth-order valence-corrected chi connectivity index (χ4v) is 2.04. The first kappa shape index (κ1) is 7.11. The van der Waals surface area contributed by atoms with Crippen molar-refractivity contribution >= 4 is 0 Å². The van der Waals surface area contributed by atoms with Crippen LogP contribution in [0.3, 0.4) is 0 Å². The molecular formula is C10H15N. The van der Waals surface area contributed by atoms with Crippen LogP contribution in [0.2, 0.25) is 0 Å². The monoisotopic (exact) mass is 149 g/mol. The van der Waals surface area contributed by atoms with Crippen molar-refractivity contribution in [3.8, 4) is 0 Å². The Kier molecular flexibility index (Phi) is 1.43. The van der Waals surface area contributed by atoms with Crippen LogP contribution in [-0.4, -0.2) is 12.1 Å². The second-order valence-electron chi connectivity index (χ2n) is 4.02. The van der Waals surface area contributed by atoms with E-state index in [1.807, 2.05) is 0 Å². The van der Waals surface area contributed by atoms with Crippen molar-refractivity contribution in [1.82, 2.24) is 5.32 Å². The number of hydrogen-bond donors (Lipinski definition) is 1.